The van der Waals surface area contributed by atoms with Crippen molar-refractivity contribution in [3.05, 3.63) is 60.2 Å². The summed E-state index contributed by atoms with van der Waals surface area (Å²) in [6.07, 6.45) is 0. The molecule has 2 aromatic carbocycles. The number of hydrogen-bond donors (Lipinski definition) is 2. The molecule has 1 unspecified atom stereocenters. The van der Waals surface area contributed by atoms with Gasteiger partial charge in [0, 0.05) is 0 Å². The third-order valence-corrected chi connectivity index (χ3v) is 4.33. The Morgan fingerprint density at radius 1 is 1.10 bits per heavy atom. The smallest absolute Gasteiger partial charge is 0.190 e. The summed E-state index contributed by atoms with van der Waals surface area (Å²) in [6.45, 7) is 2.08. The van der Waals surface area contributed by atoms with Crippen LogP contribution in [-0.2, 0) is 0 Å². The normalized spacial score (nSPS) is 12.0. The van der Waals surface area contributed by atoms with Crippen molar-refractivity contribution < 1.29 is 0 Å². The molecule has 0 fully saturated rings. The van der Waals surface area contributed by atoms with E-state index in [1.165, 1.54) is 5.56 Å². The Morgan fingerprint density at radius 2 is 1.81 bits per heavy atom. The van der Waals surface area contributed by atoms with Gasteiger partial charge in [-0.25, -0.2) is 4.98 Å². The minimum absolute atomic E-state index is 0.153. The summed E-state index contributed by atoms with van der Waals surface area (Å²) < 4.78 is 1.15. The number of thiocarbonyl (C=S) groups is 1. The zero-order valence-electron chi connectivity index (χ0n) is 11.5. The van der Waals surface area contributed by atoms with Gasteiger partial charge in [-0.2, -0.15) is 0 Å². The topological polar surface area (TPSA) is 37.0 Å². The monoisotopic (exact) mass is 313 g/mol. The molecule has 3 rings (SSSR count). The Morgan fingerprint density at radius 3 is 2.57 bits per heavy atom. The summed E-state index contributed by atoms with van der Waals surface area (Å²) in [5.74, 6) is 0. The van der Waals surface area contributed by atoms with Gasteiger partial charge in [-0.15, -0.1) is 0 Å². The van der Waals surface area contributed by atoms with Crippen LogP contribution >= 0.6 is 23.6 Å². The fourth-order valence-electron chi connectivity index (χ4n) is 2.08. The van der Waals surface area contributed by atoms with E-state index in [0.29, 0.717) is 5.11 Å². The number of fused-ring (bicyclic) bond motifs is 1. The second-order valence-corrected chi connectivity index (χ2v) is 6.16. The third-order valence-electron chi connectivity index (χ3n) is 3.16. The summed E-state index contributed by atoms with van der Waals surface area (Å²) in [5.41, 5.74) is 2.19. The summed E-state index contributed by atoms with van der Waals surface area (Å²) in [4.78, 5) is 4.51. The van der Waals surface area contributed by atoms with Crippen molar-refractivity contribution in [1.82, 2.24) is 10.3 Å². The van der Waals surface area contributed by atoms with Crippen molar-refractivity contribution in [2.24, 2.45) is 0 Å². The first-order valence-corrected chi connectivity index (χ1v) is 7.93. The lowest BCUT2D eigenvalue weighted by Crippen LogP contribution is -2.30. The molecular weight excluding hydrogens is 298 g/mol. The molecule has 106 valence electrons. The summed E-state index contributed by atoms with van der Waals surface area (Å²) in [5, 5.41) is 7.84. The standard InChI is InChI=1S/C16H15N3S2/c1-11(12-7-3-2-4-8-12)17-15(20)19-16-18-13-9-5-6-10-14(13)21-16/h2-11H,1H3,(H2,17,18,19,20). The van der Waals surface area contributed by atoms with Crippen LogP contribution in [0.2, 0.25) is 0 Å². The fourth-order valence-corrected chi connectivity index (χ4v) is 3.29. The highest BCUT2D eigenvalue weighted by atomic mass is 32.1. The van der Waals surface area contributed by atoms with E-state index in [9.17, 15) is 0 Å². The molecule has 0 radical (unpaired) electrons. The molecule has 0 amide bonds. The lowest BCUT2D eigenvalue weighted by atomic mass is 10.1. The maximum atomic E-state index is 5.36. The van der Waals surface area contributed by atoms with Crippen molar-refractivity contribution in [3.63, 3.8) is 0 Å². The number of hydrogen-bond acceptors (Lipinski definition) is 3. The lowest BCUT2D eigenvalue weighted by Gasteiger charge is -2.16. The highest BCUT2D eigenvalue weighted by molar-refractivity contribution is 7.80. The Bertz CT molecular complexity index is 719. The molecule has 21 heavy (non-hydrogen) atoms. The zero-order valence-corrected chi connectivity index (χ0v) is 13.2. The summed E-state index contributed by atoms with van der Waals surface area (Å²) >= 11 is 6.96. The molecule has 1 atom stereocenters. The molecule has 0 bridgehead atoms. The van der Waals surface area contributed by atoms with E-state index in [1.54, 1.807) is 11.3 Å². The SMILES string of the molecule is CC(NC(=S)Nc1nc2ccccc2s1)c1ccccc1. The maximum Gasteiger partial charge on any atom is 0.190 e. The van der Waals surface area contributed by atoms with Gasteiger partial charge < -0.3 is 10.6 Å². The van der Waals surface area contributed by atoms with Gasteiger partial charge in [0.05, 0.1) is 16.3 Å². The predicted molar refractivity (Wildman–Crippen MR) is 93.8 cm³/mol. The van der Waals surface area contributed by atoms with Crippen molar-refractivity contribution in [1.29, 1.82) is 0 Å². The third kappa shape index (κ3) is 3.37. The van der Waals surface area contributed by atoms with Crippen LogP contribution in [0.3, 0.4) is 0 Å². The minimum atomic E-state index is 0.153. The van der Waals surface area contributed by atoms with Crippen LogP contribution < -0.4 is 10.6 Å². The van der Waals surface area contributed by atoms with Gasteiger partial charge in [0.15, 0.2) is 10.2 Å². The van der Waals surface area contributed by atoms with E-state index in [1.807, 2.05) is 36.4 Å². The van der Waals surface area contributed by atoms with Crippen molar-refractivity contribution in [3.8, 4) is 0 Å². The molecule has 0 saturated heterocycles. The molecule has 3 aromatic rings. The Kier molecular flexibility index (Phi) is 4.13. The van der Waals surface area contributed by atoms with Crippen molar-refractivity contribution in [2.75, 3.05) is 5.32 Å². The average Bonchev–Trinajstić information content (AvgIpc) is 2.90. The number of thiazole rings is 1. The van der Waals surface area contributed by atoms with Gasteiger partial charge in [-0.1, -0.05) is 53.8 Å². The van der Waals surface area contributed by atoms with Crippen molar-refractivity contribution >= 4 is 44.0 Å². The number of nitrogens with one attached hydrogen (secondary N) is 2. The maximum absolute atomic E-state index is 5.36. The zero-order chi connectivity index (χ0) is 14.7. The van der Waals surface area contributed by atoms with Crippen LogP contribution in [0.5, 0.6) is 0 Å². The lowest BCUT2D eigenvalue weighted by molar-refractivity contribution is 0.722. The Labute approximate surface area is 133 Å². The van der Waals surface area contributed by atoms with Crippen LogP contribution in [0.15, 0.2) is 54.6 Å². The molecular formula is C16H15N3S2. The second kappa shape index (κ2) is 6.20. The van der Waals surface area contributed by atoms with E-state index in [2.05, 4.69) is 40.7 Å². The summed E-state index contributed by atoms with van der Waals surface area (Å²) in [7, 11) is 0. The number of anilines is 1. The van der Waals surface area contributed by atoms with Crippen LogP contribution in [0.25, 0.3) is 10.2 Å². The van der Waals surface area contributed by atoms with Crippen LogP contribution in [0.4, 0.5) is 5.13 Å². The van der Waals surface area contributed by atoms with E-state index in [0.717, 1.165) is 15.3 Å². The first kappa shape index (κ1) is 14.0. The van der Waals surface area contributed by atoms with E-state index in [-0.39, 0.29) is 6.04 Å². The largest absolute Gasteiger partial charge is 0.356 e. The molecule has 0 saturated carbocycles. The predicted octanol–water partition coefficient (Wildman–Crippen LogP) is 4.34. The molecule has 0 aliphatic rings. The highest BCUT2D eigenvalue weighted by Crippen LogP contribution is 2.25. The minimum Gasteiger partial charge on any atom is -0.356 e. The van der Waals surface area contributed by atoms with Gasteiger partial charge in [-0.3, -0.25) is 0 Å². The molecule has 0 spiro atoms. The molecule has 2 N–H and O–H groups in total. The number of aromatic nitrogens is 1. The molecule has 1 aromatic heterocycles. The van der Waals surface area contributed by atoms with Gasteiger partial charge in [0.1, 0.15) is 0 Å². The Balaban J connectivity index is 1.66. The average molecular weight is 313 g/mol. The van der Waals surface area contributed by atoms with Crippen LogP contribution in [0.1, 0.15) is 18.5 Å². The van der Waals surface area contributed by atoms with E-state index >= 15 is 0 Å². The first-order chi connectivity index (χ1) is 10.2. The molecule has 0 aliphatic carbocycles. The van der Waals surface area contributed by atoms with Gasteiger partial charge in [-0.05, 0) is 36.8 Å². The van der Waals surface area contributed by atoms with Crippen LogP contribution in [-0.4, -0.2) is 10.1 Å². The number of benzene rings is 2. The van der Waals surface area contributed by atoms with Gasteiger partial charge in [0.2, 0.25) is 0 Å². The van der Waals surface area contributed by atoms with Crippen LogP contribution in [0, 0.1) is 0 Å². The number of nitrogens with zero attached hydrogens (tertiary/aromatic N) is 1. The quantitative estimate of drug-likeness (QED) is 0.705. The molecule has 1 heterocycles. The molecule has 0 aliphatic heterocycles. The highest BCUT2D eigenvalue weighted by Gasteiger charge is 2.08. The number of para-hydroxylation sites is 1. The van der Waals surface area contributed by atoms with Crippen molar-refractivity contribution in [2.45, 2.75) is 13.0 Å². The number of rotatable bonds is 3. The molecule has 5 heteroatoms. The molecule has 3 nitrogen and oxygen atoms in total. The van der Waals surface area contributed by atoms with E-state index < -0.39 is 0 Å². The summed E-state index contributed by atoms with van der Waals surface area (Å²) in [6, 6.07) is 18.4. The fraction of sp³-hybridized carbons (Fsp3) is 0.125. The van der Waals surface area contributed by atoms with Gasteiger partial charge >= 0.3 is 0 Å². The van der Waals surface area contributed by atoms with Gasteiger partial charge in [0.25, 0.3) is 0 Å². The van der Waals surface area contributed by atoms with E-state index in [4.69, 9.17) is 12.2 Å². The Hall–Kier alpha value is -1.98. The first-order valence-electron chi connectivity index (χ1n) is 6.70. The second-order valence-electron chi connectivity index (χ2n) is 4.72.